The number of hydrogen-bond acceptors (Lipinski definition) is 4. The molecule has 0 aliphatic carbocycles. The van der Waals surface area contributed by atoms with Gasteiger partial charge >= 0.3 is 0 Å². The molecule has 0 saturated carbocycles. The molecule has 1 fully saturated rings. The van der Waals surface area contributed by atoms with Crippen LogP contribution in [-0.4, -0.2) is 41.5 Å². The van der Waals surface area contributed by atoms with Crippen LogP contribution in [0, 0.1) is 0 Å². The Morgan fingerprint density at radius 2 is 2.24 bits per heavy atom. The van der Waals surface area contributed by atoms with Gasteiger partial charge in [-0.05, 0) is 37.9 Å². The van der Waals surface area contributed by atoms with Crippen molar-refractivity contribution >= 4 is 5.91 Å². The minimum Gasteiger partial charge on any atom is -0.349 e. The quantitative estimate of drug-likeness (QED) is 0.833. The van der Waals surface area contributed by atoms with Crippen LogP contribution in [0.1, 0.15) is 48.7 Å². The highest BCUT2D eigenvalue weighted by Crippen LogP contribution is 2.12. The number of unbranched alkanes of at least 4 members (excludes halogenated alkanes) is 1. The minimum absolute atomic E-state index is 0.0147. The number of carbonyl (C=O) groups excluding carboxylic acids is 1. The second-order valence-corrected chi connectivity index (χ2v) is 5.68. The number of hydrogen-bond donors (Lipinski definition) is 2. The van der Waals surface area contributed by atoms with E-state index in [1.165, 1.54) is 19.4 Å². The highest BCUT2D eigenvalue weighted by atomic mass is 16.1. The molecule has 0 aromatic carbocycles. The number of carbonyl (C=O) groups is 1. The summed E-state index contributed by atoms with van der Waals surface area (Å²) in [7, 11) is 0. The number of likely N-dealkylation sites (tertiary alicyclic amines) is 1. The number of nitrogens with two attached hydrogens (primary N) is 1. The first-order chi connectivity index (χ1) is 10.2. The normalized spacial score (nSPS) is 16.9. The van der Waals surface area contributed by atoms with Crippen LogP contribution < -0.4 is 11.1 Å². The van der Waals surface area contributed by atoms with Gasteiger partial charge in [-0.15, -0.1) is 0 Å². The van der Waals surface area contributed by atoms with Crippen LogP contribution in [0.25, 0.3) is 0 Å². The fraction of sp³-hybridized carbons (Fsp3) is 0.625. The van der Waals surface area contributed by atoms with Crippen molar-refractivity contribution in [3.05, 3.63) is 29.6 Å². The summed E-state index contributed by atoms with van der Waals surface area (Å²) in [5.74, 6) is -0.0147. The van der Waals surface area contributed by atoms with Crippen molar-refractivity contribution in [3.8, 4) is 0 Å². The maximum absolute atomic E-state index is 12.2. The van der Waals surface area contributed by atoms with Gasteiger partial charge < -0.3 is 16.0 Å². The Labute approximate surface area is 126 Å². The molecular formula is C16H26N4O. The Balaban J connectivity index is 1.81. The standard InChI is InChI=1S/C16H26N4O/c1-2-3-8-20-9-5-14(6-10-20)19-16(21)13-4-7-18-15(11-13)12-17/h4,7,11,14H,2-3,5-6,8-10,12,17H2,1H3,(H,19,21). The molecular weight excluding hydrogens is 264 g/mol. The molecule has 2 heterocycles. The van der Waals surface area contributed by atoms with Crippen LogP contribution >= 0.6 is 0 Å². The van der Waals surface area contributed by atoms with Gasteiger partial charge in [0, 0.05) is 37.4 Å². The molecule has 21 heavy (non-hydrogen) atoms. The van der Waals surface area contributed by atoms with Gasteiger partial charge in [-0.2, -0.15) is 0 Å². The summed E-state index contributed by atoms with van der Waals surface area (Å²) in [5, 5.41) is 3.13. The highest BCUT2D eigenvalue weighted by Gasteiger charge is 2.20. The molecule has 1 amide bonds. The first-order valence-electron chi connectivity index (χ1n) is 7.91. The van der Waals surface area contributed by atoms with Crippen LogP contribution in [0.15, 0.2) is 18.3 Å². The lowest BCUT2D eigenvalue weighted by Gasteiger charge is -2.32. The van der Waals surface area contributed by atoms with Crippen LogP contribution in [0.5, 0.6) is 0 Å². The zero-order valence-corrected chi connectivity index (χ0v) is 12.8. The van der Waals surface area contributed by atoms with Gasteiger partial charge in [0.2, 0.25) is 0 Å². The molecule has 1 aromatic rings. The molecule has 3 N–H and O–H groups in total. The third-order valence-electron chi connectivity index (χ3n) is 4.04. The molecule has 0 radical (unpaired) electrons. The molecule has 116 valence electrons. The van der Waals surface area contributed by atoms with Crippen molar-refractivity contribution < 1.29 is 4.79 Å². The Morgan fingerprint density at radius 1 is 1.48 bits per heavy atom. The summed E-state index contributed by atoms with van der Waals surface area (Å²) in [4.78, 5) is 18.8. The Hall–Kier alpha value is -1.46. The lowest BCUT2D eigenvalue weighted by molar-refractivity contribution is 0.0910. The van der Waals surface area contributed by atoms with E-state index in [9.17, 15) is 4.79 Å². The monoisotopic (exact) mass is 290 g/mol. The van der Waals surface area contributed by atoms with Crippen molar-refractivity contribution in [2.24, 2.45) is 5.73 Å². The Bertz CT molecular complexity index is 455. The van der Waals surface area contributed by atoms with Crippen LogP contribution in [0.2, 0.25) is 0 Å². The average molecular weight is 290 g/mol. The average Bonchev–Trinajstić information content (AvgIpc) is 2.54. The second kappa shape index (κ2) is 8.10. The summed E-state index contributed by atoms with van der Waals surface area (Å²) in [6.07, 6.45) is 6.21. The smallest absolute Gasteiger partial charge is 0.251 e. The van der Waals surface area contributed by atoms with E-state index >= 15 is 0 Å². The summed E-state index contributed by atoms with van der Waals surface area (Å²) in [6, 6.07) is 3.79. The fourth-order valence-corrected chi connectivity index (χ4v) is 2.68. The number of piperidine rings is 1. The number of pyridine rings is 1. The van der Waals surface area contributed by atoms with E-state index in [2.05, 4.69) is 22.1 Å². The van der Waals surface area contributed by atoms with Gasteiger partial charge in [-0.3, -0.25) is 9.78 Å². The number of aromatic nitrogens is 1. The first kappa shape index (κ1) is 15.9. The summed E-state index contributed by atoms with van der Waals surface area (Å²) < 4.78 is 0. The molecule has 0 atom stereocenters. The number of nitrogens with zero attached hydrogens (tertiary/aromatic N) is 2. The second-order valence-electron chi connectivity index (χ2n) is 5.68. The third-order valence-corrected chi connectivity index (χ3v) is 4.04. The molecule has 0 unspecified atom stereocenters. The van der Waals surface area contributed by atoms with E-state index in [0.717, 1.165) is 31.6 Å². The van der Waals surface area contributed by atoms with Crippen molar-refractivity contribution in [1.82, 2.24) is 15.2 Å². The molecule has 5 heteroatoms. The molecule has 1 aromatic heterocycles. The van der Waals surface area contributed by atoms with Gasteiger partial charge in [0.1, 0.15) is 0 Å². The number of amides is 1. The largest absolute Gasteiger partial charge is 0.349 e. The number of nitrogens with one attached hydrogen (secondary N) is 1. The highest BCUT2D eigenvalue weighted by molar-refractivity contribution is 5.94. The topological polar surface area (TPSA) is 71.2 Å². The maximum Gasteiger partial charge on any atom is 0.251 e. The summed E-state index contributed by atoms with van der Waals surface area (Å²) >= 11 is 0. The molecule has 0 spiro atoms. The lowest BCUT2D eigenvalue weighted by Crippen LogP contribution is -2.44. The van der Waals surface area contributed by atoms with E-state index in [1.54, 1.807) is 18.3 Å². The number of rotatable bonds is 6. The van der Waals surface area contributed by atoms with E-state index in [0.29, 0.717) is 12.1 Å². The van der Waals surface area contributed by atoms with Gasteiger partial charge in [-0.25, -0.2) is 0 Å². The molecule has 0 bridgehead atoms. The van der Waals surface area contributed by atoms with E-state index in [-0.39, 0.29) is 11.9 Å². The Kier molecular flexibility index (Phi) is 6.14. The van der Waals surface area contributed by atoms with Crippen molar-refractivity contribution in [2.75, 3.05) is 19.6 Å². The van der Waals surface area contributed by atoms with Crippen LogP contribution in [0.4, 0.5) is 0 Å². The molecule has 1 aliphatic rings. The molecule has 5 nitrogen and oxygen atoms in total. The molecule has 1 saturated heterocycles. The van der Waals surface area contributed by atoms with E-state index in [4.69, 9.17) is 5.73 Å². The van der Waals surface area contributed by atoms with Crippen molar-refractivity contribution in [1.29, 1.82) is 0 Å². The maximum atomic E-state index is 12.2. The van der Waals surface area contributed by atoms with E-state index in [1.807, 2.05) is 0 Å². The van der Waals surface area contributed by atoms with Gasteiger partial charge in [-0.1, -0.05) is 13.3 Å². The van der Waals surface area contributed by atoms with Crippen molar-refractivity contribution in [3.63, 3.8) is 0 Å². The zero-order chi connectivity index (χ0) is 15.1. The van der Waals surface area contributed by atoms with Crippen molar-refractivity contribution in [2.45, 2.75) is 45.2 Å². The van der Waals surface area contributed by atoms with Gasteiger partial charge in [0.25, 0.3) is 5.91 Å². The molecule has 1 aliphatic heterocycles. The zero-order valence-electron chi connectivity index (χ0n) is 12.8. The van der Waals surface area contributed by atoms with Crippen LogP contribution in [-0.2, 0) is 6.54 Å². The first-order valence-corrected chi connectivity index (χ1v) is 7.91. The van der Waals surface area contributed by atoms with E-state index < -0.39 is 0 Å². The van der Waals surface area contributed by atoms with Crippen LogP contribution in [0.3, 0.4) is 0 Å². The Morgan fingerprint density at radius 3 is 2.90 bits per heavy atom. The third kappa shape index (κ3) is 4.79. The minimum atomic E-state index is -0.0147. The predicted octanol–water partition coefficient (Wildman–Crippen LogP) is 1.53. The lowest BCUT2D eigenvalue weighted by atomic mass is 10.0. The van der Waals surface area contributed by atoms with Gasteiger partial charge in [0.15, 0.2) is 0 Å². The summed E-state index contributed by atoms with van der Waals surface area (Å²) in [6.45, 7) is 5.92. The fourth-order valence-electron chi connectivity index (χ4n) is 2.68. The summed E-state index contributed by atoms with van der Waals surface area (Å²) in [5.41, 5.74) is 6.96. The van der Waals surface area contributed by atoms with Gasteiger partial charge in [0.05, 0.1) is 5.69 Å². The SMILES string of the molecule is CCCCN1CCC(NC(=O)c2ccnc(CN)c2)CC1. The molecule has 2 rings (SSSR count). The predicted molar refractivity (Wildman–Crippen MR) is 84.0 cm³/mol.